The van der Waals surface area contributed by atoms with Crippen LogP contribution in [0.25, 0.3) is 0 Å². The summed E-state index contributed by atoms with van der Waals surface area (Å²) >= 11 is 1.79. The third-order valence-corrected chi connectivity index (χ3v) is 8.70. The molecule has 0 aromatic carbocycles. The Morgan fingerprint density at radius 1 is 1.24 bits per heavy atom. The van der Waals surface area contributed by atoms with E-state index in [4.69, 9.17) is 0 Å². The molecule has 0 spiro atoms. The molecule has 0 aromatic heterocycles. The van der Waals surface area contributed by atoms with Gasteiger partial charge in [-0.25, -0.2) is 0 Å². The molecule has 0 radical (unpaired) electrons. The zero-order valence-corrected chi connectivity index (χ0v) is 14.2. The van der Waals surface area contributed by atoms with E-state index >= 15 is 0 Å². The van der Waals surface area contributed by atoms with Gasteiger partial charge in [-0.2, -0.15) is 0 Å². The maximum atomic E-state index is 12.3. The Kier molecular flexibility index (Phi) is 3.20. The molecule has 3 fully saturated rings. The summed E-state index contributed by atoms with van der Waals surface area (Å²) in [6, 6.07) is 0. The Hall–Kier alpha value is 0.600. The molecule has 0 aromatic rings. The van der Waals surface area contributed by atoms with Crippen molar-refractivity contribution in [2.24, 2.45) is 35.5 Å². The van der Waals surface area contributed by atoms with Gasteiger partial charge in [-0.15, -0.1) is 0 Å². The molecule has 1 heterocycles. The Morgan fingerprint density at radius 2 is 1.88 bits per heavy atom. The summed E-state index contributed by atoms with van der Waals surface area (Å²) in [5.41, 5.74) is 0. The van der Waals surface area contributed by atoms with E-state index in [1.165, 1.54) is 6.42 Å². The van der Waals surface area contributed by atoms with Gasteiger partial charge in [-0.3, -0.25) is 0 Å². The first-order valence-electron chi connectivity index (χ1n) is 6.20. The maximum absolute atomic E-state index is 12.3. The summed E-state index contributed by atoms with van der Waals surface area (Å²) in [6.45, 7) is 4.51. The van der Waals surface area contributed by atoms with Gasteiger partial charge in [0.15, 0.2) is 0 Å². The fourth-order valence-corrected chi connectivity index (χ4v) is 7.72. The van der Waals surface area contributed by atoms with E-state index in [1.807, 2.05) is 0 Å². The topological polar surface area (TPSA) is 37.4 Å². The molecule has 2 aliphatic carbocycles. The van der Waals surface area contributed by atoms with Gasteiger partial charge in [0, 0.05) is 0 Å². The van der Waals surface area contributed by atoms with Crippen molar-refractivity contribution >= 4 is 30.4 Å². The summed E-state index contributed by atoms with van der Waals surface area (Å²) in [6.07, 6.45) is 2.30. The average Bonchev–Trinajstić information content (AvgIpc) is 2.90. The molecule has 2 bridgehead atoms. The Bertz CT molecular complexity index is 385. The van der Waals surface area contributed by atoms with Crippen LogP contribution < -0.4 is 17.5 Å². The van der Waals surface area contributed by atoms with Gasteiger partial charge in [-0.05, 0) is 0 Å². The number of rotatable bonds is 2. The molecule has 3 aliphatic rings. The molecule has 2 saturated carbocycles. The minimum atomic E-state index is -0.440. The van der Waals surface area contributed by atoms with Gasteiger partial charge >= 0.3 is 123 Å². The van der Waals surface area contributed by atoms with E-state index in [0.29, 0.717) is 23.7 Å². The first-order valence-corrected chi connectivity index (χ1v) is 13.4. The number of halogens is 2. The second-order valence-electron chi connectivity index (χ2n) is 5.88. The number of carbonyl (C=O) groups is 2. The second kappa shape index (κ2) is 4.31. The number of hydrogen-bond donors (Lipinski definition) is 0. The average molecular weight is 460 g/mol. The van der Waals surface area contributed by atoms with Crippen molar-refractivity contribution < 1.29 is 27.1 Å². The van der Waals surface area contributed by atoms with Crippen LogP contribution in [0, 0.1) is 35.5 Å². The number of nitrogens with zero attached hydrogens (tertiary/aromatic N) is 1. The second-order valence-corrected chi connectivity index (χ2v) is 9.65. The van der Waals surface area contributed by atoms with Crippen LogP contribution in [0.4, 0.5) is 0 Å². The molecule has 3 rings (SSSR count). The van der Waals surface area contributed by atoms with Crippen LogP contribution in [0.2, 0.25) is 0 Å². The van der Waals surface area contributed by atoms with E-state index in [9.17, 15) is 9.59 Å². The molecule has 0 N–H and O–H groups in total. The summed E-state index contributed by atoms with van der Waals surface area (Å²) in [4.78, 5) is 24.5. The Morgan fingerprint density at radius 3 is 2.47 bits per heavy atom. The Labute approximate surface area is 122 Å². The quantitative estimate of drug-likeness (QED) is 0.310. The molecule has 1 saturated heterocycles. The first-order chi connectivity index (χ1) is 8.06. The number of imide groups is 1. The van der Waals surface area contributed by atoms with Gasteiger partial charge in [-0.1, -0.05) is 0 Å². The van der Waals surface area contributed by atoms with Crippen LogP contribution >= 0.6 is 18.6 Å². The Balaban J connectivity index is 1.91. The fraction of sp³-hybridized carbons (Fsp3) is 0.833. The number of amides is 2. The molecular formula is C12H16I2NO2-. The first kappa shape index (κ1) is 12.6. The molecule has 5 heteroatoms. The van der Waals surface area contributed by atoms with E-state index in [-0.39, 0.29) is 23.7 Å². The summed E-state index contributed by atoms with van der Waals surface area (Å²) < 4.78 is 1.59. The molecule has 1 aliphatic heterocycles. The van der Waals surface area contributed by atoms with Crippen LogP contribution in [0.3, 0.4) is 0 Å². The van der Waals surface area contributed by atoms with Gasteiger partial charge < -0.3 is 0 Å². The van der Waals surface area contributed by atoms with Crippen molar-refractivity contribution in [2.75, 3.05) is 0 Å². The molecule has 5 unspecified atom stereocenters. The number of fused-ring (bicyclic) bond motifs is 5. The van der Waals surface area contributed by atoms with Crippen molar-refractivity contribution in [3.8, 4) is 0 Å². The molecule has 5 atom stereocenters. The van der Waals surface area contributed by atoms with E-state index in [1.54, 1.807) is 3.11 Å². The van der Waals surface area contributed by atoms with Crippen LogP contribution in [-0.2, 0) is 9.59 Å². The van der Waals surface area contributed by atoms with Gasteiger partial charge in [0.2, 0.25) is 0 Å². The predicted octanol–water partition coefficient (Wildman–Crippen LogP) is -0.746. The minimum absolute atomic E-state index is 0.0584. The molecule has 2 amide bonds. The van der Waals surface area contributed by atoms with Crippen molar-refractivity contribution in [3.63, 3.8) is 0 Å². The van der Waals surface area contributed by atoms with Gasteiger partial charge in [0.05, 0.1) is 0 Å². The monoisotopic (exact) mass is 460 g/mol. The van der Waals surface area contributed by atoms with Crippen LogP contribution in [0.1, 0.15) is 26.7 Å². The third-order valence-electron chi connectivity index (χ3n) is 4.93. The zero-order chi connectivity index (χ0) is 12.3. The SMILES string of the molecule is CC(C)C1CC2CC1C1C(=O)N([I-]I)C(=O)C21. The molecule has 96 valence electrons. The standard InChI is InChI=1S/C12H16I2NO2/c1-5(2)7-3-6-4-8(7)10-9(6)11(16)15(14-13)12(10)17/h5-10H,3-4H2,1-2H3/q-1. The summed E-state index contributed by atoms with van der Waals surface area (Å²) in [7, 11) is 0. The van der Waals surface area contributed by atoms with Gasteiger partial charge in [0.1, 0.15) is 0 Å². The summed E-state index contributed by atoms with van der Waals surface area (Å²) in [5.74, 6) is 2.78. The number of carbonyl (C=O) groups excluding carboxylic acids is 2. The van der Waals surface area contributed by atoms with E-state index in [2.05, 4.69) is 32.5 Å². The zero-order valence-electron chi connectivity index (χ0n) is 9.90. The normalized spacial score (nSPS) is 44.2. The van der Waals surface area contributed by atoms with Crippen LogP contribution in [0.5, 0.6) is 0 Å². The van der Waals surface area contributed by atoms with Crippen LogP contribution in [0.15, 0.2) is 0 Å². The van der Waals surface area contributed by atoms with Crippen molar-refractivity contribution in [1.29, 1.82) is 0 Å². The molecule has 3 nitrogen and oxygen atoms in total. The molecular weight excluding hydrogens is 444 g/mol. The summed E-state index contributed by atoms with van der Waals surface area (Å²) in [5, 5.41) is 0. The fourth-order valence-electron chi connectivity index (χ4n) is 4.30. The van der Waals surface area contributed by atoms with Gasteiger partial charge in [0.25, 0.3) is 0 Å². The van der Waals surface area contributed by atoms with E-state index in [0.717, 1.165) is 6.42 Å². The predicted molar refractivity (Wildman–Crippen MR) is 67.4 cm³/mol. The van der Waals surface area contributed by atoms with Crippen LogP contribution in [-0.4, -0.2) is 14.9 Å². The van der Waals surface area contributed by atoms with Crippen molar-refractivity contribution in [1.82, 2.24) is 3.11 Å². The third kappa shape index (κ3) is 1.63. The number of hydrogen-bond acceptors (Lipinski definition) is 2. The molecule has 17 heavy (non-hydrogen) atoms. The van der Waals surface area contributed by atoms with Crippen molar-refractivity contribution in [3.05, 3.63) is 0 Å². The van der Waals surface area contributed by atoms with Crippen molar-refractivity contribution in [2.45, 2.75) is 26.7 Å². The van der Waals surface area contributed by atoms with E-state index < -0.39 is 17.5 Å².